The van der Waals surface area contributed by atoms with E-state index in [1.807, 2.05) is 24.3 Å². The lowest BCUT2D eigenvalue weighted by molar-refractivity contribution is 0.319. The average Bonchev–Trinajstić information content (AvgIpc) is 2.88. The lowest BCUT2D eigenvalue weighted by Crippen LogP contribution is -2.06. The van der Waals surface area contributed by atoms with Crippen LogP contribution >= 0.6 is 23.6 Å². The summed E-state index contributed by atoms with van der Waals surface area (Å²) in [5.41, 5.74) is 5.54. The molecule has 2 aromatic rings. The summed E-state index contributed by atoms with van der Waals surface area (Å²) in [5.74, 6) is 1.56. The fraction of sp³-hybridized carbons (Fsp3) is 0.231. The lowest BCUT2D eigenvalue weighted by atomic mass is 10.3. The van der Waals surface area contributed by atoms with E-state index in [-0.39, 0.29) is 0 Å². The fourth-order valence-corrected chi connectivity index (χ4v) is 2.42. The van der Waals surface area contributed by atoms with E-state index in [0.717, 1.165) is 27.8 Å². The second-order valence-electron chi connectivity index (χ2n) is 3.76. The van der Waals surface area contributed by atoms with Crippen LogP contribution < -0.4 is 15.2 Å². The van der Waals surface area contributed by atoms with Gasteiger partial charge in [0.1, 0.15) is 16.5 Å². The Balaban J connectivity index is 1.86. The van der Waals surface area contributed by atoms with Crippen molar-refractivity contribution in [3.05, 3.63) is 40.3 Å². The van der Waals surface area contributed by atoms with Crippen LogP contribution in [0.1, 0.15) is 9.88 Å². The maximum Gasteiger partial charge on any atom is 0.123 e. The first-order valence-electron chi connectivity index (χ1n) is 5.70. The molecule has 0 atom stereocenters. The predicted octanol–water partition coefficient (Wildman–Crippen LogP) is 2.41. The van der Waals surface area contributed by atoms with Crippen LogP contribution in [0.4, 0.5) is 0 Å². The number of nitrogens with two attached hydrogens (primary N) is 1. The van der Waals surface area contributed by atoms with E-state index < -0.39 is 0 Å². The minimum Gasteiger partial charge on any atom is -0.497 e. The molecular weight excluding hydrogens is 280 g/mol. The molecule has 0 amide bonds. The highest BCUT2D eigenvalue weighted by molar-refractivity contribution is 7.81. The standard InChI is InChI=1S/C13H14N2O2S2/c1-16-9-3-2-4-10(7-9)17-6-5-12-15-8-11(19-12)13(14)18/h2-4,7-8H,5-6H2,1H3,(H2,14,18). The predicted molar refractivity (Wildman–Crippen MR) is 80.2 cm³/mol. The highest BCUT2D eigenvalue weighted by Crippen LogP contribution is 2.19. The zero-order valence-corrected chi connectivity index (χ0v) is 12.1. The second kappa shape index (κ2) is 6.49. The third-order valence-electron chi connectivity index (χ3n) is 2.42. The molecule has 0 aliphatic heterocycles. The topological polar surface area (TPSA) is 57.4 Å². The van der Waals surface area contributed by atoms with Gasteiger partial charge in [-0.3, -0.25) is 0 Å². The van der Waals surface area contributed by atoms with Crippen molar-refractivity contribution in [3.63, 3.8) is 0 Å². The van der Waals surface area contributed by atoms with E-state index in [1.54, 1.807) is 13.3 Å². The Kier molecular flexibility index (Phi) is 4.70. The van der Waals surface area contributed by atoms with Crippen LogP contribution in [-0.2, 0) is 6.42 Å². The minimum absolute atomic E-state index is 0.387. The molecule has 0 aliphatic rings. The van der Waals surface area contributed by atoms with Crippen molar-refractivity contribution in [1.29, 1.82) is 0 Å². The number of hydrogen-bond acceptors (Lipinski definition) is 5. The molecule has 100 valence electrons. The van der Waals surface area contributed by atoms with Gasteiger partial charge in [-0.2, -0.15) is 0 Å². The maximum absolute atomic E-state index is 5.64. The molecule has 4 nitrogen and oxygen atoms in total. The largest absolute Gasteiger partial charge is 0.497 e. The summed E-state index contributed by atoms with van der Waals surface area (Å²) in [6, 6.07) is 7.51. The third kappa shape index (κ3) is 3.90. The van der Waals surface area contributed by atoms with E-state index in [1.165, 1.54) is 11.3 Å². The first-order valence-corrected chi connectivity index (χ1v) is 6.93. The maximum atomic E-state index is 5.64. The molecule has 0 saturated heterocycles. The van der Waals surface area contributed by atoms with Gasteiger partial charge in [0.2, 0.25) is 0 Å². The van der Waals surface area contributed by atoms with E-state index in [2.05, 4.69) is 4.98 Å². The van der Waals surface area contributed by atoms with Crippen molar-refractivity contribution in [3.8, 4) is 11.5 Å². The Hall–Kier alpha value is -1.66. The van der Waals surface area contributed by atoms with Crippen molar-refractivity contribution in [1.82, 2.24) is 4.98 Å². The Morgan fingerprint density at radius 2 is 2.21 bits per heavy atom. The Morgan fingerprint density at radius 1 is 1.42 bits per heavy atom. The summed E-state index contributed by atoms with van der Waals surface area (Å²) in [4.78, 5) is 5.47. The highest BCUT2D eigenvalue weighted by Gasteiger charge is 2.04. The summed E-state index contributed by atoms with van der Waals surface area (Å²) in [5, 5.41) is 0.964. The smallest absolute Gasteiger partial charge is 0.123 e. The molecule has 0 saturated carbocycles. The van der Waals surface area contributed by atoms with Crippen LogP contribution in [0.25, 0.3) is 0 Å². The van der Waals surface area contributed by atoms with Gasteiger partial charge in [0.25, 0.3) is 0 Å². The summed E-state index contributed by atoms with van der Waals surface area (Å²) in [6.45, 7) is 0.553. The van der Waals surface area contributed by atoms with E-state index >= 15 is 0 Å². The third-order valence-corrected chi connectivity index (χ3v) is 3.86. The summed E-state index contributed by atoms with van der Waals surface area (Å²) < 4.78 is 10.8. The molecule has 0 fully saturated rings. The van der Waals surface area contributed by atoms with Gasteiger partial charge < -0.3 is 15.2 Å². The zero-order chi connectivity index (χ0) is 13.7. The molecule has 19 heavy (non-hydrogen) atoms. The molecule has 6 heteroatoms. The van der Waals surface area contributed by atoms with Crippen molar-refractivity contribution in [2.75, 3.05) is 13.7 Å². The number of nitrogens with zero attached hydrogens (tertiary/aromatic N) is 1. The average molecular weight is 294 g/mol. The van der Waals surface area contributed by atoms with Gasteiger partial charge in [-0.05, 0) is 12.1 Å². The van der Waals surface area contributed by atoms with Gasteiger partial charge in [-0.15, -0.1) is 11.3 Å². The van der Waals surface area contributed by atoms with Crippen molar-refractivity contribution >= 4 is 28.5 Å². The Morgan fingerprint density at radius 3 is 2.89 bits per heavy atom. The number of methoxy groups -OCH3 is 1. The number of ether oxygens (including phenoxy) is 2. The van der Waals surface area contributed by atoms with Crippen molar-refractivity contribution in [2.45, 2.75) is 6.42 Å². The van der Waals surface area contributed by atoms with E-state index in [9.17, 15) is 0 Å². The molecule has 0 spiro atoms. The molecule has 0 unspecified atom stereocenters. The van der Waals surface area contributed by atoms with E-state index in [4.69, 9.17) is 27.4 Å². The zero-order valence-electron chi connectivity index (χ0n) is 10.5. The molecule has 1 aromatic heterocycles. The van der Waals surface area contributed by atoms with Crippen LogP contribution in [-0.4, -0.2) is 23.7 Å². The van der Waals surface area contributed by atoms with Crippen LogP contribution in [0.5, 0.6) is 11.5 Å². The Bertz CT molecular complexity index is 569. The van der Waals surface area contributed by atoms with Gasteiger partial charge in [0.05, 0.1) is 23.6 Å². The molecule has 2 N–H and O–H groups in total. The monoisotopic (exact) mass is 294 g/mol. The summed E-state index contributed by atoms with van der Waals surface area (Å²) in [6.07, 6.45) is 2.43. The molecule has 1 heterocycles. The van der Waals surface area contributed by atoms with E-state index in [0.29, 0.717) is 11.6 Å². The van der Waals surface area contributed by atoms with Crippen LogP contribution in [0.3, 0.4) is 0 Å². The van der Waals surface area contributed by atoms with Crippen molar-refractivity contribution in [2.24, 2.45) is 5.73 Å². The summed E-state index contributed by atoms with van der Waals surface area (Å²) >= 11 is 6.40. The molecule has 0 aliphatic carbocycles. The summed E-state index contributed by atoms with van der Waals surface area (Å²) in [7, 11) is 1.63. The highest BCUT2D eigenvalue weighted by atomic mass is 32.1. The Labute approximate surface area is 121 Å². The molecule has 2 rings (SSSR count). The quantitative estimate of drug-likeness (QED) is 0.829. The minimum atomic E-state index is 0.387. The first kappa shape index (κ1) is 13.8. The molecule has 1 aromatic carbocycles. The SMILES string of the molecule is COc1cccc(OCCc2ncc(C(N)=S)s2)c1. The number of rotatable bonds is 6. The normalized spacial score (nSPS) is 10.2. The number of thiocarbonyl (C=S) groups is 1. The van der Waals surface area contributed by atoms with Gasteiger partial charge in [0, 0.05) is 18.7 Å². The van der Waals surface area contributed by atoms with Gasteiger partial charge >= 0.3 is 0 Å². The lowest BCUT2D eigenvalue weighted by Gasteiger charge is -2.06. The van der Waals surface area contributed by atoms with Gasteiger partial charge in [0.15, 0.2) is 0 Å². The second-order valence-corrected chi connectivity index (χ2v) is 5.31. The fourth-order valence-electron chi connectivity index (χ4n) is 1.49. The van der Waals surface area contributed by atoms with Crippen LogP contribution in [0, 0.1) is 0 Å². The number of benzene rings is 1. The van der Waals surface area contributed by atoms with Gasteiger partial charge in [-0.1, -0.05) is 18.3 Å². The van der Waals surface area contributed by atoms with Gasteiger partial charge in [-0.25, -0.2) is 4.98 Å². The number of thiazole rings is 1. The van der Waals surface area contributed by atoms with Crippen LogP contribution in [0.15, 0.2) is 30.5 Å². The number of hydrogen-bond donors (Lipinski definition) is 1. The van der Waals surface area contributed by atoms with Crippen molar-refractivity contribution < 1.29 is 9.47 Å². The first-order chi connectivity index (χ1) is 9.19. The molecule has 0 bridgehead atoms. The molecular formula is C13H14N2O2S2. The molecule has 0 radical (unpaired) electrons. The number of aromatic nitrogens is 1. The van der Waals surface area contributed by atoms with Crippen LogP contribution in [0.2, 0.25) is 0 Å².